The Hall–Kier alpha value is -2.47. The van der Waals surface area contributed by atoms with E-state index in [0.717, 1.165) is 31.5 Å². The molecule has 1 N–H and O–H groups in total. The van der Waals surface area contributed by atoms with Crippen molar-refractivity contribution in [3.8, 4) is 11.5 Å². The number of carbonyl (C=O) groups is 1. The second kappa shape index (κ2) is 7.61. The molecule has 2 aromatic carbocycles. The zero-order valence-electron chi connectivity index (χ0n) is 14.0. The minimum Gasteiger partial charge on any atom is -0.454 e. The lowest BCUT2D eigenvalue weighted by Gasteiger charge is -2.32. The largest absolute Gasteiger partial charge is 0.454 e. The van der Waals surface area contributed by atoms with E-state index in [0.29, 0.717) is 23.9 Å². The van der Waals surface area contributed by atoms with Crippen molar-refractivity contribution in [3.05, 3.63) is 59.7 Å². The number of nitrogens with one attached hydrogen (secondary N) is 1. The van der Waals surface area contributed by atoms with Gasteiger partial charge in [0.2, 0.25) is 0 Å². The van der Waals surface area contributed by atoms with Crippen LogP contribution < -0.4 is 10.1 Å². The summed E-state index contributed by atoms with van der Waals surface area (Å²) in [6.07, 6.45) is 2.04. The molecule has 1 aliphatic rings. The fourth-order valence-electron chi connectivity index (χ4n) is 2.93. The summed E-state index contributed by atoms with van der Waals surface area (Å²) in [7, 11) is 1.90. The Labute approximate surface area is 145 Å². The second-order valence-corrected chi connectivity index (χ2v) is 6.08. The lowest BCUT2D eigenvalue weighted by Crippen LogP contribution is -2.46. The predicted molar refractivity (Wildman–Crippen MR) is 90.9 cm³/mol. The molecule has 132 valence electrons. The SMILES string of the molecule is CNC1CCCN(C(=O)c2ccc(Oc3ccc(F)cc3F)cc2)C1. The fourth-order valence-corrected chi connectivity index (χ4v) is 2.93. The van der Waals surface area contributed by atoms with Crippen LogP contribution in [0.1, 0.15) is 23.2 Å². The molecule has 1 unspecified atom stereocenters. The molecule has 0 saturated carbocycles. The Balaban J connectivity index is 1.68. The maximum Gasteiger partial charge on any atom is 0.253 e. The third-order valence-corrected chi connectivity index (χ3v) is 4.34. The number of likely N-dealkylation sites (tertiary alicyclic amines) is 1. The molecule has 1 fully saturated rings. The molecule has 1 atom stereocenters. The van der Waals surface area contributed by atoms with E-state index < -0.39 is 11.6 Å². The normalized spacial score (nSPS) is 17.4. The van der Waals surface area contributed by atoms with Crippen molar-refractivity contribution in [2.24, 2.45) is 0 Å². The van der Waals surface area contributed by atoms with Gasteiger partial charge in [0.25, 0.3) is 5.91 Å². The van der Waals surface area contributed by atoms with E-state index in [-0.39, 0.29) is 11.7 Å². The Morgan fingerprint density at radius 3 is 2.64 bits per heavy atom. The number of halogens is 2. The van der Waals surface area contributed by atoms with Gasteiger partial charge in [-0.3, -0.25) is 4.79 Å². The van der Waals surface area contributed by atoms with Crippen molar-refractivity contribution in [1.82, 2.24) is 10.2 Å². The molecule has 0 spiro atoms. The van der Waals surface area contributed by atoms with Crippen LogP contribution in [-0.2, 0) is 0 Å². The molecular weight excluding hydrogens is 326 g/mol. The number of ether oxygens (including phenoxy) is 1. The van der Waals surface area contributed by atoms with E-state index in [1.807, 2.05) is 11.9 Å². The lowest BCUT2D eigenvalue weighted by atomic mass is 10.0. The molecule has 6 heteroatoms. The van der Waals surface area contributed by atoms with Crippen LogP contribution in [0.2, 0.25) is 0 Å². The maximum absolute atomic E-state index is 13.6. The molecule has 25 heavy (non-hydrogen) atoms. The predicted octanol–water partition coefficient (Wildman–Crippen LogP) is 3.58. The van der Waals surface area contributed by atoms with Gasteiger partial charge >= 0.3 is 0 Å². The first-order valence-corrected chi connectivity index (χ1v) is 8.26. The highest BCUT2D eigenvalue weighted by Crippen LogP contribution is 2.25. The van der Waals surface area contributed by atoms with E-state index in [9.17, 15) is 13.6 Å². The molecule has 0 aliphatic carbocycles. The average Bonchev–Trinajstić information content (AvgIpc) is 2.64. The van der Waals surface area contributed by atoms with Crippen LogP contribution in [0.25, 0.3) is 0 Å². The van der Waals surface area contributed by atoms with E-state index in [2.05, 4.69) is 5.32 Å². The molecule has 1 saturated heterocycles. The first-order chi connectivity index (χ1) is 12.1. The molecule has 4 nitrogen and oxygen atoms in total. The van der Waals surface area contributed by atoms with E-state index >= 15 is 0 Å². The van der Waals surface area contributed by atoms with Gasteiger partial charge in [-0.25, -0.2) is 8.78 Å². The Morgan fingerprint density at radius 1 is 1.20 bits per heavy atom. The summed E-state index contributed by atoms with van der Waals surface area (Å²) >= 11 is 0. The van der Waals surface area contributed by atoms with Crippen LogP contribution >= 0.6 is 0 Å². The molecule has 1 amide bonds. The van der Waals surface area contributed by atoms with Gasteiger partial charge in [0.05, 0.1) is 0 Å². The first kappa shape index (κ1) is 17.4. The number of rotatable bonds is 4. The quantitative estimate of drug-likeness (QED) is 0.920. The van der Waals surface area contributed by atoms with Gasteiger partial charge in [0.15, 0.2) is 11.6 Å². The van der Waals surface area contributed by atoms with Crippen molar-refractivity contribution < 1.29 is 18.3 Å². The lowest BCUT2D eigenvalue weighted by molar-refractivity contribution is 0.0698. The summed E-state index contributed by atoms with van der Waals surface area (Å²) < 4.78 is 31.9. The van der Waals surface area contributed by atoms with Crippen molar-refractivity contribution in [2.45, 2.75) is 18.9 Å². The summed E-state index contributed by atoms with van der Waals surface area (Å²) in [6, 6.07) is 9.97. The number of benzene rings is 2. The van der Waals surface area contributed by atoms with Crippen molar-refractivity contribution >= 4 is 5.91 Å². The molecule has 0 radical (unpaired) electrons. The van der Waals surface area contributed by atoms with E-state index in [4.69, 9.17) is 4.74 Å². The van der Waals surface area contributed by atoms with E-state index in [1.54, 1.807) is 24.3 Å². The maximum atomic E-state index is 13.6. The van der Waals surface area contributed by atoms with Crippen LogP contribution in [0.3, 0.4) is 0 Å². The zero-order valence-corrected chi connectivity index (χ0v) is 14.0. The molecule has 1 heterocycles. The first-order valence-electron chi connectivity index (χ1n) is 8.26. The van der Waals surface area contributed by atoms with Gasteiger partial charge in [0, 0.05) is 30.8 Å². The van der Waals surface area contributed by atoms with Gasteiger partial charge in [-0.15, -0.1) is 0 Å². The summed E-state index contributed by atoms with van der Waals surface area (Å²) in [5.41, 5.74) is 0.559. The number of nitrogens with zero attached hydrogens (tertiary/aromatic N) is 1. The third-order valence-electron chi connectivity index (χ3n) is 4.34. The van der Waals surface area contributed by atoms with Gasteiger partial charge in [-0.1, -0.05) is 0 Å². The highest BCUT2D eigenvalue weighted by molar-refractivity contribution is 5.94. The van der Waals surface area contributed by atoms with Crippen LogP contribution in [0.5, 0.6) is 11.5 Å². The van der Waals surface area contributed by atoms with Crippen LogP contribution in [0, 0.1) is 11.6 Å². The number of piperidine rings is 1. The van der Waals surface area contributed by atoms with Gasteiger partial charge in [-0.05, 0) is 56.3 Å². The number of hydrogen-bond donors (Lipinski definition) is 1. The summed E-state index contributed by atoms with van der Waals surface area (Å²) in [5.74, 6) is -1.14. The average molecular weight is 346 g/mol. The molecule has 0 bridgehead atoms. The zero-order chi connectivity index (χ0) is 17.8. The van der Waals surface area contributed by atoms with Gasteiger partial charge in [0.1, 0.15) is 11.6 Å². The monoisotopic (exact) mass is 346 g/mol. The van der Waals surface area contributed by atoms with Crippen LogP contribution in [-0.4, -0.2) is 37.0 Å². The highest BCUT2D eigenvalue weighted by atomic mass is 19.1. The minimum absolute atomic E-state index is 0.0283. The smallest absolute Gasteiger partial charge is 0.253 e. The van der Waals surface area contributed by atoms with Crippen LogP contribution in [0.4, 0.5) is 8.78 Å². The Morgan fingerprint density at radius 2 is 1.96 bits per heavy atom. The summed E-state index contributed by atoms with van der Waals surface area (Å²) in [4.78, 5) is 14.4. The number of amides is 1. The minimum atomic E-state index is -0.772. The summed E-state index contributed by atoms with van der Waals surface area (Å²) in [6.45, 7) is 1.43. The van der Waals surface area contributed by atoms with Crippen molar-refractivity contribution in [1.29, 1.82) is 0 Å². The highest BCUT2D eigenvalue weighted by Gasteiger charge is 2.23. The topological polar surface area (TPSA) is 41.6 Å². The fraction of sp³-hybridized carbons (Fsp3) is 0.316. The van der Waals surface area contributed by atoms with Gasteiger partial charge in [-0.2, -0.15) is 0 Å². The van der Waals surface area contributed by atoms with Crippen LogP contribution in [0.15, 0.2) is 42.5 Å². The Kier molecular flexibility index (Phi) is 5.28. The molecule has 1 aliphatic heterocycles. The molecular formula is C19H20F2N2O2. The number of likely N-dealkylation sites (N-methyl/N-ethyl adjacent to an activating group) is 1. The third kappa shape index (κ3) is 4.14. The summed E-state index contributed by atoms with van der Waals surface area (Å²) in [5, 5.41) is 3.21. The number of carbonyl (C=O) groups excluding carboxylic acids is 1. The molecule has 3 rings (SSSR count). The second-order valence-electron chi connectivity index (χ2n) is 6.08. The number of hydrogen-bond acceptors (Lipinski definition) is 3. The van der Waals surface area contributed by atoms with Crippen molar-refractivity contribution in [2.75, 3.05) is 20.1 Å². The molecule has 0 aromatic heterocycles. The van der Waals surface area contributed by atoms with Crippen molar-refractivity contribution in [3.63, 3.8) is 0 Å². The van der Waals surface area contributed by atoms with E-state index in [1.165, 1.54) is 6.07 Å². The Bertz CT molecular complexity index is 750. The standard InChI is InChI=1S/C19H20F2N2O2/c1-22-15-3-2-10-23(12-15)19(24)13-4-7-16(8-5-13)25-18-9-6-14(20)11-17(18)21/h4-9,11,15,22H,2-3,10,12H2,1H3. The molecule has 2 aromatic rings. The van der Waals surface area contributed by atoms with Gasteiger partial charge < -0.3 is 15.0 Å².